The molecule has 0 bridgehead atoms. The van der Waals surface area contributed by atoms with Crippen LogP contribution in [0.3, 0.4) is 0 Å². The lowest BCUT2D eigenvalue weighted by Crippen LogP contribution is -2.48. The number of amides is 2. The van der Waals surface area contributed by atoms with Crippen molar-refractivity contribution in [2.45, 2.75) is 25.9 Å². The predicted molar refractivity (Wildman–Crippen MR) is 117 cm³/mol. The van der Waals surface area contributed by atoms with E-state index in [4.69, 9.17) is 0 Å². The van der Waals surface area contributed by atoms with Gasteiger partial charge in [-0.05, 0) is 36.8 Å². The van der Waals surface area contributed by atoms with Gasteiger partial charge in [-0.1, -0.05) is 37.3 Å². The van der Waals surface area contributed by atoms with Crippen LogP contribution >= 0.6 is 0 Å². The second-order valence-corrected chi connectivity index (χ2v) is 7.84. The maximum atomic E-state index is 14.7. The van der Waals surface area contributed by atoms with Crippen molar-refractivity contribution in [1.82, 2.24) is 14.4 Å². The van der Waals surface area contributed by atoms with Gasteiger partial charge >= 0.3 is 0 Å². The van der Waals surface area contributed by atoms with Gasteiger partial charge in [-0.2, -0.15) is 0 Å². The molecule has 0 N–H and O–H groups in total. The number of carbonyl (C=O) groups is 2. The first kappa shape index (κ1) is 21.7. The van der Waals surface area contributed by atoms with Gasteiger partial charge in [-0.25, -0.2) is 8.78 Å². The van der Waals surface area contributed by atoms with Gasteiger partial charge in [-0.15, -0.1) is 0 Å². The van der Waals surface area contributed by atoms with Crippen LogP contribution in [0.4, 0.5) is 8.78 Å². The highest BCUT2D eigenvalue weighted by Crippen LogP contribution is 2.34. The maximum Gasteiger partial charge on any atom is 0.257 e. The van der Waals surface area contributed by atoms with E-state index in [9.17, 15) is 18.4 Å². The molecule has 0 aliphatic carbocycles. The van der Waals surface area contributed by atoms with Gasteiger partial charge in [0.05, 0.1) is 5.56 Å². The molecular weight excluding hydrogens is 412 g/mol. The Morgan fingerprint density at radius 3 is 2.41 bits per heavy atom. The highest BCUT2D eigenvalue weighted by molar-refractivity contribution is 5.96. The Morgan fingerprint density at radius 2 is 1.69 bits per heavy atom. The van der Waals surface area contributed by atoms with Crippen LogP contribution in [-0.4, -0.2) is 45.8 Å². The second-order valence-electron chi connectivity index (χ2n) is 7.84. The molecule has 7 heteroatoms. The molecule has 0 saturated heterocycles. The van der Waals surface area contributed by atoms with E-state index >= 15 is 0 Å². The zero-order valence-corrected chi connectivity index (χ0v) is 17.9. The summed E-state index contributed by atoms with van der Waals surface area (Å²) in [6, 6.07) is 15.3. The van der Waals surface area contributed by atoms with E-state index in [-0.39, 0.29) is 18.0 Å². The van der Waals surface area contributed by atoms with E-state index in [1.807, 2.05) is 29.8 Å². The van der Waals surface area contributed by atoms with Crippen molar-refractivity contribution < 1.29 is 18.4 Å². The van der Waals surface area contributed by atoms with Gasteiger partial charge in [0.25, 0.3) is 5.91 Å². The van der Waals surface area contributed by atoms with Crippen LogP contribution in [-0.2, 0) is 11.3 Å². The van der Waals surface area contributed by atoms with Gasteiger partial charge in [-0.3, -0.25) is 9.59 Å². The quantitative estimate of drug-likeness (QED) is 0.579. The van der Waals surface area contributed by atoms with Gasteiger partial charge in [0, 0.05) is 37.1 Å². The van der Waals surface area contributed by atoms with E-state index in [1.54, 1.807) is 29.2 Å². The average molecular weight is 437 g/mol. The molecule has 1 atom stereocenters. The lowest BCUT2D eigenvalue weighted by molar-refractivity contribution is -0.134. The number of halogens is 2. The van der Waals surface area contributed by atoms with Gasteiger partial charge in [0.1, 0.15) is 24.2 Å². The second kappa shape index (κ2) is 9.34. The van der Waals surface area contributed by atoms with Gasteiger partial charge in [0.2, 0.25) is 5.91 Å². The molecule has 0 spiro atoms. The molecule has 2 aromatic carbocycles. The first-order valence-electron chi connectivity index (χ1n) is 10.7. The molecule has 1 aliphatic rings. The zero-order valence-electron chi connectivity index (χ0n) is 17.9. The minimum absolute atomic E-state index is 0.0630. The summed E-state index contributed by atoms with van der Waals surface area (Å²) in [4.78, 5) is 29.4. The normalized spacial score (nSPS) is 15.3. The minimum Gasteiger partial charge on any atom is -0.348 e. The van der Waals surface area contributed by atoms with Gasteiger partial charge < -0.3 is 14.4 Å². The number of benzene rings is 2. The third-order valence-electron chi connectivity index (χ3n) is 5.77. The predicted octanol–water partition coefficient (Wildman–Crippen LogP) is 4.25. The number of aromatic nitrogens is 1. The first-order valence-corrected chi connectivity index (χ1v) is 10.7. The Labute approximate surface area is 185 Å². The van der Waals surface area contributed by atoms with E-state index in [0.717, 1.165) is 5.69 Å². The van der Waals surface area contributed by atoms with Crippen LogP contribution in [0.25, 0.3) is 0 Å². The molecule has 1 aliphatic heterocycles. The fourth-order valence-electron chi connectivity index (χ4n) is 4.26. The molecule has 0 fully saturated rings. The van der Waals surface area contributed by atoms with E-state index < -0.39 is 23.6 Å². The largest absolute Gasteiger partial charge is 0.348 e. The Bertz CT molecular complexity index is 1130. The lowest BCUT2D eigenvalue weighted by Gasteiger charge is -2.38. The summed E-state index contributed by atoms with van der Waals surface area (Å²) in [5.74, 6) is -1.84. The zero-order chi connectivity index (χ0) is 22.7. The molecule has 4 rings (SSSR count). The minimum atomic E-state index is -0.619. The Morgan fingerprint density at radius 1 is 0.969 bits per heavy atom. The van der Waals surface area contributed by atoms with Crippen LogP contribution in [0.2, 0.25) is 0 Å². The number of hydrogen-bond donors (Lipinski definition) is 0. The first-order chi connectivity index (χ1) is 15.5. The van der Waals surface area contributed by atoms with Crippen LogP contribution in [0.5, 0.6) is 0 Å². The van der Waals surface area contributed by atoms with Gasteiger partial charge in [0.15, 0.2) is 0 Å². The standard InChI is InChI=1S/C25H25F2N3O2/c1-2-13-29(25(32)19-9-4-6-11-21(19)27)17-23(31)30-16-15-28-14-7-12-22(28)24(30)18-8-3-5-10-20(18)26/h3-12,14,24H,2,13,15-17H2,1H3. The fourth-order valence-corrected chi connectivity index (χ4v) is 4.26. The Kier molecular flexibility index (Phi) is 6.35. The molecule has 3 aromatic rings. The molecule has 0 radical (unpaired) electrons. The number of rotatable bonds is 6. The summed E-state index contributed by atoms with van der Waals surface area (Å²) < 4.78 is 30.9. The number of fused-ring (bicyclic) bond motifs is 1. The molecular formula is C25H25F2N3O2. The molecule has 1 unspecified atom stereocenters. The average Bonchev–Trinajstić information content (AvgIpc) is 3.27. The Hall–Kier alpha value is -3.48. The molecule has 32 heavy (non-hydrogen) atoms. The number of nitrogens with zero attached hydrogens (tertiary/aromatic N) is 3. The summed E-state index contributed by atoms with van der Waals surface area (Å²) in [6.07, 6.45) is 2.53. The van der Waals surface area contributed by atoms with Crippen LogP contribution in [0, 0.1) is 11.6 Å². The molecule has 2 heterocycles. The fraction of sp³-hybridized carbons (Fsp3) is 0.280. The van der Waals surface area contributed by atoms with Crippen LogP contribution in [0.1, 0.15) is 41.0 Å². The number of hydrogen-bond acceptors (Lipinski definition) is 2. The summed E-state index contributed by atoms with van der Waals surface area (Å²) in [5.41, 5.74) is 1.16. The molecule has 0 saturated carbocycles. The SMILES string of the molecule is CCCN(CC(=O)N1CCn2cccc2C1c1ccccc1F)C(=O)c1ccccc1F. The van der Waals surface area contributed by atoms with E-state index in [1.165, 1.54) is 29.2 Å². The molecule has 166 valence electrons. The van der Waals surface area contributed by atoms with Crippen molar-refractivity contribution in [2.24, 2.45) is 0 Å². The number of carbonyl (C=O) groups excluding carboxylic acids is 2. The van der Waals surface area contributed by atoms with Crippen molar-refractivity contribution in [3.8, 4) is 0 Å². The molecule has 1 aromatic heterocycles. The summed E-state index contributed by atoms with van der Waals surface area (Å²) >= 11 is 0. The topological polar surface area (TPSA) is 45.6 Å². The highest BCUT2D eigenvalue weighted by Gasteiger charge is 2.35. The smallest absolute Gasteiger partial charge is 0.257 e. The lowest BCUT2D eigenvalue weighted by atomic mass is 9.99. The highest BCUT2D eigenvalue weighted by atomic mass is 19.1. The monoisotopic (exact) mass is 437 g/mol. The van der Waals surface area contributed by atoms with Crippen molar-refractivity contribution in [3.63, 3.8) is 0 Å². The van der Waals surface area contributed by atoms with Crippen LogP contribution < -0.4 is 0 Å². The summed E-state index contributed by atoms with van der Waals surface area (Å²) in [5, 5.41) is 0. The van der Waals surface area contributed by atoms with E-state index in [2.05, 4.69) is 0 Å². The van der Waals surface area contributed by atoms with Crippen molar-refractivity contribution in [3.05, 3.63) is 95.3 Å². The maximum absolute atomic E-state index is 14.7. The summed E-state index contributed by atoms with van der Waals surface area (Å²) in [6.45, 7) is 2.96. The third-order valence-corrected chi connectivity index (χ3v) is 5.77. The summed E-state index contributed by atoms with van der Waals surface area (Å²) in [7, 11) is 0. The van der Waals surface area contributed by atoms with Crippen LogP contribution in [0.15, 0.2) is 66.9 Å². The molecule has 5 nitrogen and oxygen atoms in total. The Balaban J connectivity index is 1.64. The van der Waals surface area contributed by atoms with Crippen molar-refractivity contribution in [2.75, 3.05) is 19.6 Å². The van der Waals surface area contributed by atoms with E-state index in [0.29, 0.717) is 31.6 Å². The molecule has 2 amide bonds. The van der Waals surface area contributed by atoms with Crippen molar-refractivity contribution >= 4 is 11.8 Å². The van der Waals surface area contributed by atoms with Crippen molar-refractivity contribution in [1.29, 1.82) is 0 Å². The third kappa shape index (κ3) is 4.15.